The summed E-state index contributed by atoms with van der Waals surface area (Å²) in [4.78, 5) is 28.3. The van der Waals surface area contributed by atoms with Crippen LogP contribution < -0.4 is 9.47 Å². The van der Waals surface area contributed by atoms with Gasteiger partial charge in [0, 0.05) is 11.6 Å². The highest BCUT2D eigenvalue weighted by Crippen LogP contribution is 2.43. The van der Waals surface area contributed by atoms with E-state index in [1.807, 2.05) is 30.3 Å². The molecule has 6 heteroatoms. The molecule has 2 fully saturated rings. The second-order valence-electron chi connectivity index (χ2n) is 9.51. The lowest BCUT2D eigenvalue weighted by Gasteiger charge is -2.35. The summed E-state index contributed by atoms with van der Waals surface area (Å²) >= 11 is 0. The normalized spacial score (nSPS) is 20.7. The first-order valence-electron chi connectivity index (χ1n) is 12.1. The average Bonchev–Trinajstić information content (AvgIpc) is 3.13. The van der Waals surface area contributed by atoms with Gasteiger partial charge in [-0.3, -0.25) is 9.59 Å². The van der Waals surface area contributed by atoms with Gasteiger partial charge in [0.15, 0.2) is 0 Å². The molecule has 1 aliphatic heterocycles. The van der Waals surface area contributed by atoms with Crippen LogP contribution in [-0.2, 0) is 9.59 Å². The number of ketones is 1. The monoisotopic (exact) mass is 463 g/mol. The Morgan fingerprint density at radius 2 is 1.74 bits per heavy atom. The standard InChI is InChI=1S/C28H33NO5/c1-18(2)17-34-23-14-8-10-20(16-23)26(30)24-25(19-9-7-13-22(15-19)33-3)29(28(32)27(24)31)21-11-5-4-6-12-21/h7-10,13-16,18,21,25,30H,4-6,11-12,17H2,1-3H3/b26-24-. The zero-order valence-corrected chi connectivity index (χ0v) is 20.1. The van der Waals surface area contributed by atoms with Crippen molar-refractivity contribution in [3.63, 3.8) is 0 Å². The average molecular weight is 464 g/mol. The van der Waals surface area contributed by atoms with Gasteiger partial charge in [0.2, 0.25) is 0 Å². The number of carbonyl (C=O) groups excluding carboxylic acids is 2. The first-order chi connectivity index (χ1) is 16.4. The molecule has 6 nitrogen and oxygen atoms in total. The molecule has 4 rings (SSSR count). The van der Waals surface area contributed by atoms with E-state index in [0.717, 1.165) is 37.7 Å². The molecule has 1 saturated heterocycles. The molecule has 0 spiro atoms. The molecule has 1 aliphatic carbocycles. The molecule has 34 heavy (non-hydrogen) atoms. The third-order valence-electron chi connectivity index (χ3n) is 6.55. The fourth-order valence-electron chi connectivity index (χ4n) is 4.88. The zero-order valence-electron chi connectivity index (χ0n) is 20.1. The maximum absolute atomic E-state index is 13.3. The number of Topliss-reactive ketones (excluding diaryl/α,β-unsaturated/α-hetero) is 1. The molecule has 1 saturated carbocycles. The van der Waals surface area contributed by atoms with Gasteiger partial charge in [-0.05, 0) is 48.6 Å². The molecule has 1 amide bonds. The van der Waals surface area contributed by atoms with Gasteiger partial charge in [-0.1, -0.05) is 57.4 Å². The van der Waals surface area contributed by atoms with Gasteiger partial charge in [-0.2, -0.15) is 0 Å². The molecule has 180 valence electrons. The number of aliphatic hydroxyl groups excluding tert-OH is 1. The number of hydrogen-bond acceptors (Lipinski definition) is 5. The Kier molecular flexibility index (Phi) is 7.25. The molecule has 0 bridgehead atoms. The topological polar surface area (TPSA) is 76.1 Å². The number of aliphatic hydroxyl groups is 1. The van der Waals surface area contributed by atoms with Crippen LogP contribution in [0.25, 0.3) is 5.76 Å². The fourth-order valence-corrected chi connectivity index (χ4v) is 4.88. The summed E-state index contributed by atoms with van der Waals surface area (Å²) in [5, 5.41) is 11.4. The summed E-state index contributed by atoms with van der Waals surface area (Å²) in [5.41, 5.74) is 1.32. The number of nitrogens with zero attached hydrogens (tertiary/aromatic N) is 1. The maximum atomic E-state index is 13.3. The van der Waals surface area contributed by atoms with Gasteiger partial charge < -0.3 is 19.5 Å². The molecule has 1 heterocycles. The molecule has 1 N–H and O–H groups in total. The van der Waals surface area contributed by atoms with E-state index in [-0.39, 0.29) is 17.4 Å². The largest absolute Gasteiger partial charge is 0.507 e. The third kappa shape index (κ3) is 4.81. The summed E-state index contributed by atoms with van der Waals surface area (Å²) in [6.07, 6.45) is 4.88. The Balaban J connectivity index is 1.81. The number of methoxy groups -OCH3 is 1. The lowest BCUT2D eigenvalue weighted by molar-refractivity contribution is -0.141. The van der Waals surface area contributed by atoms with Crippen LogP contribution in [-0.4, -0.2) is 41.5 Å². The van der Waals surface area contributed by atoms with Crippen molar-refractivity contribution in [3.05, 3.63) is 65.2 Å². The number of hydrogen-bond donors (Lipinski definition) is 1. The van der Waals surface area contributed by atoms with Gasteiger partial charge >= 0.3 is 0 Å². The lowest BCUT2D eigenvalue weighted by atomic mass is 9.91. The number of rotatable bonds is 7. The second-order valence-corrected chi connectivity index (χ2v) is 9.51. The Morgan fingerprint density at radius 3 is 2.44 bits per heavy atom. The SMILES string of the molecule is COc1cccc(C2/C(=C(/O)c3cccc(OCC(C)C)c3)C(=O)C(=O)N2C2CCCCC2)c1. The predicted molar refractivity (Wildman–Crippen MR) is 131 cm³/mol. The van der Waals surface area contributed by atoms with Crippen molar-refractivity contribution in [1.82, 2.24) is 4.90 Å². The van der Waals surface area contributed by atoms with E-state index < -0.39 is 17.7 Å². The first kappa shape index (κ1) is 23.9. The minimum absolute atomic E-state index is 0.0348. The van der Waals surface area contributed by atoms with Crippen LogP contribution in [0.2, 0.25) is 0 Å². The first-order valence-corrected chi connectivity index (χ1v) is 12.1. The molecular weight excluding hydrogens is 430 g/mol. The quantitative estimate of drug-likeness (QED) is 0.334. The number of benzene rings is 2. The summed E-state index contributed by atoms with van der Waals surface area (Å²) in [5.74, 6) is 0.219. The smallest absolute Gasteiger partial charge is 0.295 e. The van der Waals surface area contributed by atoms with Crippen molar-refractivity contribution < 1.29 is 24.2 Å². The summed E-state index contributed by atoms with van der Waals surface area (Å²) < 4.78 is 11.2. The highest BCUT2D eigenvalue weighted by molar-refractivity contribution is 6.46. The minimum Gasteiger partial charge on any atom is -0.507 e. The number of ether oxygens (including phenoxy) is 2. The summed E-state index contributed by atoms with van der Waals surface area (Å²) in [6.45, 7) is 4.66. The van der Waals surface area contributed by atoms with Gasteiger partial charge in [-0.15, -0.1) is 0 Å². The van der Waals surface area contributed by atoms with Gasteiger partial charge in [-0.25, -0.2) is 0 Å². The lowest BCUT2D eigenvalue weighted by Crippen LogP contribution is -2.40. The Bertz CT molecular complexity index is 1080. The van der Waals surface area contributed by atoms with E-state index in [2.05, 4.69) is 13.8 Å². The van der Waals surface area contributed by atoms with Crippen LogP contribution in [0.5, 0.6) is 11.5 Å². The number of carbonyl (C=O) groups is 2. The van der Waals surface area contributed by atoms with Gasteiger partial charge in [0.1, 0.15) is 17.3 Å². The summed E-state index contributed by atoms with van der Waals surface area (Å²) in [7, 11) is 1.58. The van der Waals surface area contributed by atoms with Crippen LogP contribution in [0.15, 0.2) is 54.1 Å². The van der Waals surface area contributed by atoms with E-state index in [4.69, 9.17) is 9.47 Å². The van der Waals surface area contributed by atoms with Crippen LogP contribution in [0, 0.1) is 5.92 Å². The molecule has 1 atom stereocenters. The molecule has 0 radical (unpaired) electrons. The molecule has 0 aromatic heterocycles. The van der Waals surface area contributed by atoms with Gasteiger partial charge in [0.05, 0.1) is 25.3 Å². The van der Waals surface area contributed by atoms with E-state index in [9.17, 15) is 14.7 Å². The third-order valence-corrected chi connectivity index (χ3v) is 6.55. The summed E-state index contributed by atoms with van der Waals surface area (Å²) in [6, 6.07) is 13.7. The van der Waals surface area contributed by atoms with Crippen LogP contribution in [0.4, 0.5) is 0 Å². The maximum Gasteiger partial charge on any atom is 0.295 e. The van der Waals surface area contributed by atoms with Crippen molar-refractivity contribution >= 4 is 17.4 Å². The van der Waals surface area contributed by atoms with E-state index in [1.54, 1.807) is 30.2 Å². The van der Waals surface area contributed by atoms with E-state index in [1.165, 1.54) is 0 Å². The highest BCUT2D eigenvalue weighted by Gasteiger charge is 2.49. The molecule has 2 aromatic carbocycles. The van der Waals surface area contributed by atoms with Crippen LogP contribution in [0.1, 0.15) is 63.1 Å². The molecule has 2 aliphatic rings. The van der Waals surface area contributed by atoms with E-state index >= 15 is 0 Å². The van der Waals surface area contributed by atoms with Crippen molar-refractivity contribution in [2.24, 2.45) is 5.92 Å². The molecule has 2 aromatic rings. The second kappa shape index (κ2) is 10.3. The highest BCUT2D eigenvalue weighted by atomic mass is 16.5. The molecular formula is C28H33NO5. The minimum atomic E-state index is -0.668. The Labute approximate surface area is 201 Å². The molecule has 1 unspecified atom stereocenters. The van der Waals surface area contributed by atoms with Crippen molar-refractivity contribution in [1.29, 1.82) is 0 Å². The fraction of sp³-hybridized carbons (Fsp3) is 0.429. The number of amides is 1. The predicted octanol–water partition coefficient (Wildman–Crippen LogP) is 5.48. The zero-order chi connectivity index (χ0) is 24.2. The van der Waals surface area contributed by atoms with Gasteiger partial charge in [0.25, 0.3) is 11.7 Å². The number of likely N-dealkylation sites (tertiary alicyclic amines) is 1. The van der Waals surface area contributed by atoms with E-state index in [0.29, 0.717) is 29.6 Å². The van der Waals surface area contributed by atoms with Crippen LogP contribution in [0.3, 0.4) is 0 Å². The van der Waals surface area contributed by atoms with Crippen molar-refractivity contribution in [2.45, 2.75) is 58.0 Å². The Hall–Kier alpha value is -3.28. The van der Waals surface area contributed by atoms with Crippen LogP contribution >= 0.6 is 0 Å². The van der Waals surface area contributed by atoms with Crippen molar-refractivity contribution in [3.8, 4) is 11.5 Å². The Morgan fingerprint density at radius 1 is 1.03 bits per heavy atom. The van der Waals surface area contributed by atoms with Crippen molar-refractivity contribution in [2.75, 3.05) is 13.7 Å².